The van der Waals surface area contributed by atoms with Crippen LogP contribution in [0.4, 0.5) is 0 Å². The summed E-state index contributed by atoms with van der Waals surface area (Å²) in [5, 5.41) is 4.17. The largest absolute Gasteiger partial charge is 0.337 e. The lowest BCUT2D eigenvalue weighted by molar-refractivity contribution is 0.0667. The van der Waals surface area contributed by atoms with E-state index in [1.807, 2.05) is 17.9 Å². The van der Waals surface area contributed by atoms with E-state index in [1.54, 1.807) is 0 Å². The number of piperidine rings is 1. The summed E-state index contributed by atoms with van der Waals surface area (Å²) >= 11 is 0. The molecule has 0 saturated carbocycles. The molecule has 0 radical (unpaired) electrons. The fourth-order valence-electron chi connectivity index (χ4n) is 3.28. The van der Waals surface area contributed by atoms with Crippen LogP contribution in [0.1, 0.15) is 42.7 Å². The summed E-state index contributed by atoms with van der Waals surface area (Å²) in [6, 6.07) is 13.4. The van der Waals surface area contributed by atoms with E-state index in [2.05, 4.69) is 36.3 Å². The maximum Gasteiger partial charge on any atom is 0.274 e. The third-order valence-electron chi connectivity index (χ3n) is 5.01. The number of rotatable bonds is 3. The van der Waals surface area contributed by atoms with Crippen molar-refractivity contribution in [1.82, 2.24) is 14.7 Å². The van der Waals surface area contributed by atoms with Crippen molar-refractivity contribution >= 4 is 5.91 Å². The molecule has 1 aliphatic heterocycles. The molecule has 126 valence electrons. The highest BCUT2D eigenvalue weighted by atomic mass is 16.2. The fraction of sp³-hybridized carbons (Fsp3) is 0.421. The van der Waals surface area contributed by atoms with Gasteiger partial charge in [-0.2, -0.15) is 5.10 Å². The lowest BCUT2D eigenvalue weighted by Gasteiger charge is -2.39. The molecule has 0 bridgehead atoms. The molecule has 1 fully saturated rings. The van der Waals surface area contributed by atoms with Crippen LogP contribution in [-0.2, 0) is 12.0 Å². The van der Waals surface area contributed by atoms with Crippen LogP contribution in [0.15, 0.2) is 47.3 Å². The molecule has 2 aromatic rings. The lowest BCUT2D eigenvalue weighted by atomic mass is 9.74. The molecular formula is C19H23N3O2. The van der Waals surface area contributed by atoms with E-state index in [0.717, 1.165) is 12.8 Å². The van der Waals surface area contributed by atoms with Gasteiger partial charge in [0.25, 0.3) is 11.5 Å². The smallest absolute Gasteiger partial charge is 0.274 e. The predicted octanol–water partition coefficient (Wildman–Crippen LogP) is 2.46. The second-order valence-corrected chi connectivity index (χ2v) is 6.59. The third kappa shape index (κ3) is 3.11. The summed E-state index contributed by atoms with van der Waals surface area (Å²) in [5.41, 5.74) is 1.60. The van der Waals surface area contributed by atoms with Gasteiger partial charge in [0.1, 0.15) is 5.69 Å². The minimum atomic E-state index is -0.177. The molecule has 2 heterocycles. The zero-order chi connectivity index (χ0) is 17.2. The minimum Gasteiger partial charge on any atom is -0.337 e. The summed E-state index contributed by atoms with van der Waals surface area (Å²) in [6.45, 7) is 5.98. The van der Waals surface area contributed by atoms with Crippen LogP contribution in [0.5, 0.6) is 0 Å². The van der Waals surface area contributed by atoms with E-state index in [9.17, 15) is 9.59 Å². The van der Waals surface area contributed by atoms with Crippen molar-refractivity contribution in [1.29, 1.82) is 0 Å². The fourth-order valence-corrected chi connectivity index (χ4v) is 3.28. The third-order valence-corrected chi connectivity index (χ3v) is 5.01. The van der Waals surface area contributed by atoms with Crippen molar-refractivity contribution in [3.05, 3.63) is 64.1 Å². The second kappa shape index (κ2) is 6.59. The zero-order valence-electron chi connectivity index (χ0n) is 14.2. The van der Waals surface area contributed by atoms with Crippen LogP contribution in [0.25, 0.3) is 0 Å². The van der Waals surface area contributed by atoms with Crippen LogP contribution in [0.3, 0.4) is 0 Å². The number of nitrogens with zero attached hydrogens (tertiary/aromatic N) is 3. The number of benzene rings is 1. The van der Waals surface area contributed by atoms with Gasteiger partial charge in [0.15, 0.2) is 0 Å². The summed E-state index contributed by atoms with van der Waals surface area (Å²) in [5.74, 6) is -0.0905. The highest BCUT2D eigenvalue weighted by molar-refractivity contribution is 5.92. The maximum absolute atomic E-state index is 12.7. The Bertz CT molecular complexity index is 775. The number of hydrogen-bond acceptors (Lipinski definition) is 3. The minimum absolute atomic E-state index is 0.0905. The number of carbonyl (C=O) groups is 1. The highest BCUT2D eigenvalue weighted by Crippen LogP contribution is 2.35. The van der Waals surface area contributed by atoms with Gasteiger partial charge >= 0.3 is 0 Å². The van der Waals surface area contributed by atoms with Gasteiger partial charge in [0.05, 0.1) is 0 Å². The Hall–Kier alpha value is -2.43. The Kier molecular flexibility index (Phi) is 4.51. The maximum atomic E-state index is 12.7. The Morgan fingerprint density at radius 1 is 1.12 bits per heavy atom. The average Bonchev–Trinajstić information content (AvgIpc) is 2.63. The van der Waals surface area contributed by atoms with Gasteiger partial charge in [0, 0.05) is 25.7 Å². The summed E-state index contributed by atoms with van der Waals surface area (Å²) < 4.78 is 1.32. The molecule has 1 aromatic heterocycles. The molecule has 0 spiro atoms. The van der Waals surface area contributed by atoms with Gasteiger partial charge in [0.2, 0.25) is 0 Å². The number of aromatic nitrogens is 2. The first-order valence-corrected chi connectivity index (χ1v) is 8.46. The first kappa shape index (κ1) is 16.4. The van der Waals surface area contributed by atoms with Crippen LogP contribution >= 0.6 is 0 Å². The first-order valence-electron chi connectivity index (χ1n) is 8.46. The molecule has 24 heavy (non-hydrogen) atoms. The molecule has 0 unspecified atom stereocenters. The van der Waals surface area contributed by atoms with E-state index < -0.39 is 0 Å². The summed E-state index contributed by atoms with van der Waals surface area (Å²) in [6.07, 6.45) is 1.85. The van der Waals surface area contributed by atoms with Gasteiger partial charge in [-0.25, -0.2) is 4.68 Å². The SMILES string of the molecule is CCn1nc(C(=O)N2CCC(C)(c3ccccc3)CC2)ccc1=O. The van der Waals surface area contributed by atoms with Crippen molar-refractivity contribution in [3.8, 4) is 0 Å². The van der Waals surface area contributed by atoms with Crippen molar-refractivity contribution in [2.24, 2.45) is 0 Å². The van der Waals surface area contributed by atoms with Gasteiger partial charge in [-0.05, 0) is 36.8 Å². The predicted molar refractivity (Wildman–Crippen MR) is 93.1 cm³/mol. The second-order valence-electron chi connectivity index (χ2n) is 6.59. The Labute approximate surface area is 141 Å². The van der Waals surface area contributed by atoms with Crippen LogP contribution < -0.4 is 5.56 Å². The quantitative estimate of drug-likeness (QED) is 0.871. The summed E-state index contributed by atoms with van der Waals surface area (Å²) in [7, 11) is 0. The molecule has 3 rings (SSSR count). The van der Waals surface area contributed by atoms with Gasteiger partial charge < -0.3 is 4.90 Å². The lowest BCUT2D eigenvalue weighted by Crippen LogP contribution is -2.44. The molecule has 0 N–H and O–H groups in total. The van der Waals surface area contributed by atoms with E-state index in [4.69, 9.17) is 0 Å². The van der Waals surface area contributed by atoms with Crippen LogP contribution in [0.2, 0.25) is 0 Å². The Morgan fingerprint density at radius 3 is 2.42 bits per heavy atom. The Balaban J connectivity index is 1.73. The molecule has 5 nitrogen and oxygen atoms in total. The molecule has 5 heteroatoms. The monoisotopic (exact) mass is 325 g/mol. The van der Waals surface area contributed by atoms with E-state index in [-0.39, 0.29) is 16.9 Å². The normalized spacial score (nSPS) is 16.8. The van der Waals surface area contributed by atoms with Crippen molar-refractivity contribution in [2.75, 3.05) is 13.1 Å². The number of hydrogen-bond donors (Lipinski definition) is 0. The first-order chi connectivity index (χ1) is 11.5. The molecule has 1 aromatic carbocycles. The van der Waals surface area contributed by atoms with Crippen LogP contribution in [-0.4, -0.2) is 33.7 Å². The molecule has 0 atom stereocenters. The van der Waals surface area contributed by atoms with Gasteiger partial charge in [-0.1, -0.05) is 37.3 Å². The molecule has 1 amide bonds. The van der Waals surface area contributed by atoms with E-state index >= 15 is 0 Å². The number of amides is 1. The molecule has 1 aliphatic rings. The average molecular weight is 325 g/mol. The topological polar surface area (TPSA) is 55.2 Å². The number of likely N-dealkylation sites (tertiary alicyclic amines) is 1. The Morgan fingerprint density at radius 2 is 1.79 bits per heavy atom. The standard InChI is InChI=1S/C19H23N3O2/c1-3-22-17(23)10-9-16(20-22)18(24)21-13-11-19(2,12-14-21)15-7-5-4-6-8-15/h4-10H,3,11-14H2,1-2H3. The van der Waals surface area contributed by atoms with Gasteiger partial charge in [-0.15, -0.1) is 0 Å². The van der Waals surface area contributed by atoms with Gasteiger partial charge in [-0.3, -0.25) is 9.59 Å². The molecular weight excluding hydrogens is 302 g/mol. The van der Waals surface area contributed by atoms with Crippen molar-refractivity contribution in [3.63, 3.8) is 0 Å². The van der Waals surface area contributed by atoms with E-state index in [0.29, 0.717) is 25.3 Å². The van der Waals surface area contributed by atoms with E-state index in [1.165, 1.54) is 22.4 Å². The molecule has 0 aliphatic carbocycles. The highest BCUT2D eigenvalue weighted by Gasteiger charge is 2.33. The summed E-state index contributed by atoms with van der Waals surface area (Å²) in [4.78, 5) is 26.1. The van der Waals surface area contributed by atoms with Crippen molar-refractivity contribution < 1.29 is 4.79 Å². The van der Waals surface area contributed by atoms with Crippen LogP contribution in [0, 0.1) is 0 Å². The number of carbonyl (C=O) groups excluding carboxylic acids is 1. The zero-order valence-corrected chi connectivity index (χ0v) is 14.2. The van der Waals surface area contributed by atoms with Crippen molar-refractivity contribution in [2.45, 2.75) is 38.6 Å². The molecule has 1 saturated heterocycles. The number of aryl methyl sites for hydroxylation is 1.